The molecule has 0 saturated heterocycles. The van der Waals surface area contributed by atoms with E-state index in [4.69, 9.17) is 9.15 Å². The van der Waals surface area contributed by atoms with Gasteiger partial charge in [0.25, 0.3) is 5.88 Å². The molecule has 0 aliphatic rings. The van der Waals surface area contributed by atoms with E-state index < -0.39 is 11.6 Å². The Morgan fingerprint density at radius 1 is 1.39 bits per heavy atom. The predicted molar refractivity (Wildman–Crippen MR) is 61.4 cm³/mol. The van der Waals surface area contributed by atoms with E-state index in [-0.39, 0.29) is 18.3 Å². The average molecular weight is 254 g/mol. The molecule has 0 bridgehead atoms. The second kappa shape index (κ2) is 5.48. The van der Waals surface area contributed by atoms with E-state index >= 15 is 0 Å². The van der Waals surface area contributed by atoms with Crippen molar-refractivity contribution in [3.05, 3.63) is 41.9 Å². The Balaban J connectivity index is 2.13. The third-order valence-electron chi connectivity index (χ3n) is 2.17. The molecule has 96 valence electrons. The quantitative estimate of drug-likeness (QED) is 0.891. The van der Waals surface area contributed by atoms with Crippen molar-refractivity contribution in [2.24, 2.45) is 0 Å². The largest absolute Gasteiger partial charge is 0.467 e. The summed E-state index contributed by atoms with van der Waals surface area (Å²) in [6.07, 6.45) is 1.48. The van der Waals surface area contributed by atoms with E-state index in [1.54, 1.807) is 19.1 Å². The standard InChI is InChI=1S/C12H12F2N2O2/c1-2-15-11-9(13)6-10(14)12(16-11)18-7-8-4-3-5-17-8/h3-6H,2,7H2,1H3,(H,15,16). The maximum absolute atomic E-state index is 13.4. The van der Waals surface area contributed by atoms with Gasteiger partial charge in [-0.05, 0) is 19.1 Å². The molecule has 0 unspecified atom stereocenters. The van der Waals surface area contributed by atoms with E-state index in [9.17, 15) is 8.78 Å². The molecule has 2 aromatic rings. The van der Waals surface area contributed by atoms with Gasteiger partial charge in [0, 0.05) is 12.6 Å². The topological polar surface area (TPSA) is 47.3 Å². The summed E-state index contributed by atoms with van der Waals surface area (Å²) in [5.41, 5.74) is 0. The fraction of sp³-hybridized carbons (Fsp3) is 0.250. The van der Waals surface area contributed by atoms with Crippen LogP contribution in [0.4, 0.5) is 14.6 Å². The molecule has 2 rings (SSSR count). The minimum Gasteiger partial charge on any atom is -0.467 e. The highest BCUT2D eigenvalue weighted by molar-refractivity contribution is 5.39. The third-order valence-corrected chi connectivity index (χ3v) is 2.17. The predicted octanol–water partition coefficient (Wildman–Crippen LogP) is 2.96. The van der Waals surface area contributed by atoms with Crippen LogP contribution in [0.5, 0.6) is 5.88 Å². The summed E-state index contributed by atoms with van der Waals surface area (Å²) in [4.78, 5) is 3.74. The molecule has 0 radical (unpaired) electrons. The molecule has 0 spiro atoms. The molecule has 4 nitrogen and oxygen atoms in total. The molecule has 0 amide bonds. The molecule has 1 N–H and O–H groups in total. The lowest BCUT2D eigenvalue weighted by Crippen LogP contribution is -2.06. The first kappa shape index (κ1) is 12.3. The highest BCUT2D eigenvalue weighted by Gasteiger charge is 2.13. The SMILES string of the molecule is CCNc1nc(OCc2ccco2)c(F)cc1F. The van der Waals surface area contributed by atoms with Gasteiger partial charge in [0.1, 0.15) is 12.4 Å². The number of rotatable bonds is 5. The van der Waals surface area contributed by atoms with Crippen molar-refractivity contribution in [2.45, 2.75) is 13.5 Å². The Bertz CT molecular complexity index is 515. The van der Waals surface area contributed by atoms with Gasteiger partial charge in [0.05, 0.1) is 6.26 Å². The molecule has 2 heterocycles. The summed E-state index contributed by atoms with van der Waals surface area (Å²) < 4.78 is 36.9. The van der Waals surface area contributed by atoms with Crippen molar-refractivity contribution >= 4 is 5.82 Å². The molecular weight excluding hydrogens is 242 g/mol. The highest BCUT2D eigenvalue weighted by Crippen LogP contribution is 2.21. The van der Waals surface area contributed by atoms with Gasteiger partial charge in [0.2, 0.25) is 0 Å². The van der Waals surface area contributed by atoms with Gasteiger partial charge in [-0.25, -0.2) is 8.78 Å². The fourth-order valence-electron chi connectivity index (χ4n) is 1.38. The Hall–Kier alpha value is -2.11. The smallest absolute Gasteiger partial charge is 0.253 e. The molecule has 0 aliphatic carbocycles. The van der Waals surface area contributed by atoms with Crippen molar-refractivity contribution in [3.8, 4) is 5.88 Å². The molecule has 0 fully saturated rings. The van der Waals surface area contributed by atoms with Gasteiger partial charge in [-0.3, -0.25) is 0 Å². The molecule has 0 aromatic carbocycles. The molecule has 0 atom stereocenters. The first-order valence-electron chi connectivity index (χ1n) is 5.45. The zero-order valence-corrected chi connectivity index (χ0v) is 9.74. The van der Waals surface area contributed by atoms with Crippen LogP contribution in [0.3, 0.4) is 0 Å². The van der Waals surface area contributed by atoms with Crippen molar-refractivity contribution in [2.75, 3.05) is 11.9 Å². The number of ether oxygens (including phenoxy) is 1. The van der Waals surface area contributed by atoms with Gasteiger partial charge in [-0.2, -0.15) is 4.98 Å². The van der Waals surface area contributed by atoms with Crippen LogP contribution in [0, 0.1) is 11.6 Å². The zero-order valence-electron chi connectivity index (χ0n) is 9.74. The van der Waals surface area contributed by atoms with Gasteiger partial charge in [-0.15, -0.1) is 0 Å². The summed E-state index contributed by atoms with van der Waals surface area (Å²) in [5.74, 6) is -1.36. The molecule has 0 aliphatic heterocycles. The maximum Gasteiger partial charge on any atom is 0.253 e. The highest BCUT2D eigenvalue weighted by atomic mass is 19.1. The molecule has 0 saturated carbocycles. The van der Waals surface area contributed by atoms with Crippen LogP contribution in [0.1, 0.15) is 12.7 Å². The molecule has 18 heavy (non-hydrogen) atoms. The first-order chi connectivity index (χ1) is 8.70. The third kappa shape index (κ3) is 2.77. The number of halogens is 2. The van der Waals surface area contributed by atoms with Gasteiger partial charge in [-0.1, -0.05) is 0 Å². The number of anilines is 1. The Labute approximate surface area is 103 Å². The Morgan fingerprint density at radius 2 is 2.22 bits per heavy atom. The van der Waals surface area contributed by atoms with Gasteiger partial charge >= 0.3 is 0 Å². The Morgan fingerprint density at radius 3 is 2.89 bits per heavy atom. The van der Waals surface area contributed by atoms with E-state index in [2.05, 4.69) is 10.3 Å². The van der Waals surface area contributed by atoms with Crippen LogP contribution < -0.4 is 10.1 Å². The number of pyridine rings is 1. The minimum absolute atomic E-state index is 0.0339. The van der Waals surface area contributed by atoms with Crippen LogP contribution in [0.2, 0.25) is 0 Å². The minimum atomic E-state index is -0.847. The van der Waals surface area contributed by atoms with Crippen molar-refractivity contribution in [1.82, 2.24) is 4.98 Å². The lowest BCUT2D eigenvalue weighted by molar-refractivity contribution is 0.247. The zero-order chi connectivity index (χ0) is 13.0. The van der Waals surface area contributed by atoms with Crippen LogP contribution >= 0.6 is 0 Å². The van der Waals surface area contributed by atoms with Crippen molar-refractivity contribution < 1.29 is 17.9 Å². The van der Waals surface area contributed by atoms with Crippen LogP contribution in [0.15, 0.2) is 28.9 Å². The van der Waals surface area contributed by atoms with E-state index in [0.29, 0.717) is 12.3 Å². The van der Waals surface area contributed by atoms with Crippen molar-refractivity contribution in [3.63, 3.8) is 0 Å². The van der Waals surface area contributed by atoms with Gasteiger partial charge < -0.3 is 14.5 Å². The summed E-state index contributed by atoms with van der Waals surface area (Å²) in [6.45, 7) is 2.30. The van der Waals surface area contributed by atoms with Gasteiger partial charge in [0.15, 0.2) is 17.5 Å². The number of aromatic nitrogens is 1. The lowest BCUT2D eigenvalue weighted by Gasteiger charge is -2.08. The number of nitrogens with zero attached hydrogens (tertiary/aromatic N) is 1. The summed E-state index contributed by atoms with van der Waals surface area (Å²) in [5, 5.41) is 2.68. The summed E-state index contributed by atoms with van der Waals surface area (Å²) in [7, 11) is 0. The summed E-state index contributed by atoms with van der Waals surface area (Å²) >= 11 is 0. The fourth-order valence-corrected chi connectivity index (χ4v) is 1.38. The van der Waals surface area contributed by atoms with Crippen molar-refractivity contribution in [1.29, 1.82) is 0 Å². The normalized spacial score (nSPS) is 10.4. The van der Waals surface area contributed by atoms with Crippen LogP contribution in [-0.4, -0.2) is 11.5 Å². The second-order valence-electron chi connectivity index (χ2n) is 3.50. The number of furan rings is 1. The first-order valence-corrected chi connectivity index (χ1v) is 5.45. The second-order valence-corrected chi connectivity index (χ2v) is 3.50. The van der Waals surface area contributed by atoms with E-state index in [1.165, 1.54) is 6.26 Å². The number of hydrogen-bond acceptors (Lipinski definition) is 4. The Kier molecular flexibility index (Phi) is 3.76. The van der Waals surface area contributed by atoms with Crippen LogP contribution in [0.25, 0.3) is 0 Å². The monoisotopic (exact) mass is 254 g/mol. The maximum atomic E-state index is 13.4. The number of nitrogens with one attached hydrogen (secondary N) is 1. The van der Waals surface area contributed by atoms with E-state index in [1.807, 2.05) is 0 Å². The lowest BCUT2D eigenvalue weighted by atomic mass is 10.4. The molecule has 2 aromatic heterocycles. The van der Waals surface area contributed by atoms with E-state index in [0.717, 1.165) is 6.07 Å². The average Bonchev–Trinajstić information content (AvgIpc) is 2.84. The van der Waals surface area contributed by atoms with Crippen LogP contribution in [-0.2, 0) is 6.61 Å². The molecular formula is C12H12F2N2O2. The number of hydrogen-bond donors (Lipinski definition) is 1. The molecule has 6 heteroatoms. The summed E-state index contributed by atoms with van der Waals surface area (Å²) in [6, 6.07) is 4.12.